The number of ether oxygens (including phenoxy) is 1. The monoisotopic (exact) mass is 382 g/mol. The van der Waals surface area contributed by atoms with Gasteiger partial charge in [0.2, 0.25) is 5.91 Å². The molecular weight excluding hydrogens is 360 g/mol. The Morgan fingerprint density at radius 2 is 1.81 bits per heavy atom. The maximum absolute atomic E-state index is 12.3. The molecule has 1 amide bonds. The predicted octanol–water partition coefficient (Wildman–Crippen LogP) is 3.93. The third-order valence-electron chi connectivity index (χ3n) is 4.25. The number of benzene rings is 2. The quantitative estimate of drug-likeness (QED) is 0.654. The van der Waals surface area contributed by atoms with E-state index in [9.17, 15) is 4.79 Å². The van der Waals surface area contributed by atoms with Crippen molar-refractivity contribution in [3.63, 3.8) is 0 Å². The Labute approximate surface area is 163 Å². The molecule has 140 valence electrons. The average molecular weight is 382 g/mol. The molecule has 0 saturated heterocycles. The fourth-order valence-electron chi connectivity index (χ4n) is 2.61. The van der Waals surface area contributed by atoms with Gasteiger partial charge in [-0.1, -0.05) is 17.8 Å². The van der Waals surface area contributed by atoms with Crippen molar-refractivity contribution in [2.75, 3.05) is 18.2 Å². The molecule has 0 spiro atoms. The third kappa shape index (κ3) is 4.49. The van der Waals surface area contributed by atoms with Crippen molar-refractivity contribution in [2.45, 2.75) is 25.9 Å². The molecule has 0 unspecified atom stereocenters. The van der Waals surface area contributed by atoms with Crippen molar-refractivity contribution in [1.29, 1.82) is 0 Å². The molecule has 1 aromatic heterocycles. The van der Waals surface area contributed by atoms with E-state index < -0.39 is 0 Å². The van der Waals surface area contributed by atoms with Gasteiger partial charge in [0.25, 0.3) is 0 Å². The van der Waals surface area contributed by atoms with Gasteiger partial charge in [-0.2, -0.15) is 0 Å². The number of methoxy groups -OCH3 is 1. The molecule has 0 radical (unpaired) electrons. The van der Waals surface area contributed by atoms with Crippen molar-refractivity contribution in [1.82, 2.24) is 14.8 Å². The van der Waals surface area contributed by atoms with Crippen LogP contribution in [-0.2, 0) is 4.79 Å². The van der Waals surface area contributed by atoms with E-state index in [1.165, 1.54) is 17.3 Å². The van der Waals surface area contributed by atoms with Gasteiger partial charge in [0.1, 0.15) is 11.6 Å². The number of thioether (sulfide) groups is 1. The molecule has 0 aliphatic heterocycles. The summed E-state index contributed by atoms with van der Waals surface area (Å²) in [7, 11) is 1.63. The Balaban J connectivity index is 1.69. The summed E-state index contributed by atoms with van der Waals surface area (Å²) in [5.41, 5.74) is 4.08. The first-order valence-corrected chi connectivity index (χ1v) is 9.53. The highest BCUT2D eigenvalue weighted by atomic mass is 32.2. The number of aryl methyl sites for hydroxylation is 3. The van der Waals surface area contributed by atoms with Crippen LogP contribution in [0.2, 0.25) is 0 Å². The SMILES string of the molecule is COc1ccc(-n2c(C)nnc2SCC(=O)Nc2ccc(C)c(C)c2)cc1. The Morgan fingerprint density at radius 3 is 2.48 bits per heavy atom. The molecule has 0 aliphatic rings. The Morgan fingerprint density at radius 1 is 1.07 bits per heavy atom. The molecule has 2 aromatic carbocycles. The number of nitrogens with zero attached hydrogens (tertiary/aromatic N) is 3. The highest BCUT2D eigenvalue weighted by Crippen LogP contribution is 2.24. The van der Waals surface area contributed by atoms with Crippen LogP contribution in [0.15, 0.2) is 47.6 Å². The number of anilines is 1. The second kappa shape index (κ2) is 8.26. The zero-order valence-corrected chi connectivity index (χ0v) is 16.6. The normalized spacial score (nSPS) is 10.7. The molecule has 6 nitrogen and oxygen atoms in total. The summed E-state index contributed by atoms with van der Waals surface area (Å²) in [6, 6.07) is 13.5. The van der Waals surface area contributed by atoms with Crippen LogP contribution in [0, 0.1) is 20.8 Å². The van der Waals surface area contributed by atoms with Crippen molar-refractivity contribution < 1.29 is 9.53 Å². The van der Waals surface area contributed by atoms with Crippen LogP contribution in [0.3, 0.4) is 0 Å². The first-order chi connectivity index (χ1) is 13.0. The topological polar surface area (TPSA) is 69.0 Å². The van der Waals surface area contributed by atoms with E-state index in [1.807, 2.05) is 67.8 Å². The summed E-state index contributed by atoms with van der Waals surface area (Å²) < 4.78 is 7.12. The van der Waals surface area contributed by atoms with E-state index in [1.54, 1.807) is 7.11 Å². The van der Waals surface area contributed by atoms with Crippen molar-refractivity contribution in [3.8, 4) is 11.4 Å². The number of carbonyl (C=O) groups excluding carboxylic acids is 1. The second-order valence-electron chi connectivity index (χ2n) is 6.20. The average Bonchev–Trinajstić information content (AvgIpc) is 3.03. The molecule has 0 saturated carbocycles. The highest BCUT2D eigenvalue weighted by molar-refractivity contribution is 7.99. The van der Waals surface area contributed by atoms with Crippen LogP contribution < -0.4 is 10.1 Å². The van der Waals surface area contributed by atoms with Gasteiger partial charge >= 0.3 is 0 Å². The van der Waals surface area contributed by atoms with Gasteiger partial charge in [-0.25, -0.2) is 0 Å². The van der Waals surface area contributed by atoms with Gasteiger partial charge in [-0.15, -0.1) is 10.2 Å². The maximum Gasteiger partial charge on any atom is 0.234 e. The summed E-state index contributed by atoms with van der Waals surface area (Å²) in [5, 5.41) is 12.0. The van der Waals surface area contributed by atoms with Crippen molar-refractivity contribution in [3.05, 3.63) is 59.4 Å². The van der Waals surface area contributed by atoms with Gasteiger partial charge in [-0.05, 0) is 68.3 Å². The van der Waals surface area contributed by atoms with Crippen molar-refractivity contribution in [2.24, 2.45) is 0 Å². The molecule has 0 bridgehead atoms. The molecule has 7 heteroatoms. The molecule has 3 aromatic rings. The molecule has 0 fully saturated rings. The number of carbonyl (C=O) groups is 1. The second-order valence-corrected chi connectivity index (χ2v) is 7.14. The van der Waals surface area contributed by atoms with Gasteiger partial charge in [0.05, 0.1) is 12.9 Å². The van der Waals surface area contributed by atoms with E-state index in [2.05, 4.69) is 15.5 Å². The van der Waals surface area contributed by atoms with Gasteiger partial charge in [-0.3, -0.25) is 9.36 Å². The fraction of sp³-hybridized carbons (Fsp3) is 0.250. The van der Waals surface area contributed by atoms with E-state index in [4.69, 9.17) is 4.74 Å². The number of nitrogens with one attached hydrogen (secondary N) is 1. The Hall–Kier alpha value is -2.80. The molecule has 1 heterocycles. The number of aromatic nitrogens is 3. The van der Waals surface area contributed by atoms with Crippen LogP contribution in [0.5, 0.6) is 5.75 Å². The predicted molar refractivity (Wildman–Crippen MR) is 108 cm³/mol. The van der Waals surface area contributed by atoms with Gasteiger partial charge in [0, 0.05) is 11.4 Å². The Kier molecular flexibility index (Phi) is 5.81. The van der Waals surface area contributed by atoms with E-state index >= 15 is 0 Å². The van der Waals surface area contributed by atoms with Gasteiger partial charge in [0.15, 0.2) is 5.16 Å². The van der Waals surface area contributed by atoms with Crippen LogP contribution in [0.25, 0.3) is 5.69 Å². The molecule has 27 heavy (non-hydrogen) atoms. The number of hydrogen-bond acceptors (Lipinski definition) is 5. The maximum atomic E-state index is 12.3. The lowest BCUT2D eigenvalue weighted by Crippen LogP contribution is -2.14. The van der Waals surface area contributed by atoms with E-state index in [0.29, 0.717) is 5.16 Å². The molecule has 0 aliphatic carbocycles. The van der Waals surface area contributed by atoms with Gasteiger partial charge < -0.3 is 10.1 Å². The summed E-state index contributed by atoms with van der Waals surface area (Å²) in [6.07, 6.45) is 0. The molecular formula is C20H22N4O2S. The highest BCUT2D eigenvalue weighted by Gasteiger charge is 2.14. The largest absolute Gasteiger partial charge is 0.497 e. The summed E-state index contributed by atoms with van der Waals surface area (Å²) in [4.78, 5) is 12.3. The van der Waals surface area contributed by atoms with Crippen LogP contribution in [0.1, 0.15) is 17.0 Å². The third-order valence-corrected chi connectivity index (χ3v) is 5.18. The zero-order chi connectivity index (χ0) is 19.4. The summed E-state index contributed by atoms with van der Waals surface area (Å²) in [6.45, 7) is 5.96. The van der Waals surface area contributed by atoms with Crippen LogP contribution in [-0.4, -0.2) is 33.5 Å². The summed E-state index contributed by atoms with van der Waals surface area (Å²) >= 11 is 1.35. The molecule has 1 N–H and O–H groups in total. The standard InChI is InChI=1S/C20H22N4O2S/c1-13-5-6-16(11-14(13)2)21-19(25)12-27-20-23-22-15(3)24(20)17-7-9-18(26-4)10-8-17/h5-11H,12H2,1-4H3,(H,21,25). The smallest absolute Gasteiger partial charge is 0.234 e. The van der Waals surface area contributed by atoms with E-state index in [-0.39, 0.29) is 11.7 Å². The van der Waals surface area contributed by atoms with E-state index in [0.717, 1.165) is 28.5 Å². The minimum Gasteiger partial charge on any atom is -0.497 e. The minimum atomic E-state index is -0.0785. The first kappa shape index (κ1) is 19.0. The first-order valence-electron chi connectivity index (χ1n) is 8.54. The van der Waals surface area contributed by atoms with Crippen molar-refractivity contribution >= 4 is 23.4 Å². The Bertz CT molecular complexity index is 951. The number of hydrogen-bond donors (Lipinski definition) is 1. The molecule has 3 rings (SSSR count). The number of amides is 1. The van der Waals surface area contributed by atoms with Crippen LogP contribution >= 0.6 is 11.8 Å². The molecule has 0 atom stereocenters. The van der Waals surface area contributed by atoms with Crippen LogP contribution in [0.4, 0.5) is 5.69 Å². The summed E-state index contributed by atoms with van der Waals surface area (Å²) in [5.74, 6) is 1.72. The zero-order valence-electron chi connectivity index (χ0n) is 15.8. The minimum absolute atomic E-state index is 0.0785. The fourth-order valence-corrected chi connectivity index (χ4v) is 3.41. The lowest BCUT2D eigenvalue weighted by atomic mass is 10.1. The lowest BCUT2D eigenvalue weighted by molar-refractivity contribution is -0.113. The lowest BCUT2D eigenvalue weighted by Gasteiger charge is -2.10. The number of rotatable bonds is 6.